The van der Waals surface area contributed by atoms with Crippen molar-refractivity contribution < 1.29 is 4.79 Å². The number of benzene rings is 1. The van der Waals surface area contributed by atoms with Crippen molar-refractivity contribution in [1.29, 1.82) is 0 Å². The molecule has 0 aliphatic heterocycles. The first-order valence-corrected chi connectivity index (χ1v) is 7.83. The highest BCUT2D eigenvalue weighted by Gasteiger charge is 2.06. The van der Waals surface area contributed by atoms with Crippen LogP contribution in [0.15, 0.2) is 42.6 Å². The summed E-state index contributed by atoms with van der Waals surface area (Å²) < 4.78 is 0. The van der Waals surface area contributed by atoms with Crippen molar-refractivity contribution in [3.05, 3.63) is 58.9 Å². The highest BCUT2D eigenvalue weighted by Crippen LogP contribution is 2.16. The average Bonchev–Trinajstić information content (AvgIpc) is 2.54. The van der Waals surface area contributed by atoms with Gasteiger partial charge in [-0.05, 0) is 48.0 Å². The van der Waals surface area contributed by atoms with Crippen LogP contribution in [0.3, 0.4) is 0 Å². The van der Waals surface area contributed by atoms with Crippen LogP contribution < -0.4 is 16.2 Å². The Morgan fingerprint density at radius 1 is 1.13 bits per heavy atom. The van der Waals surface area contributed by atoms with Gasteiger partial charge in [-0.25, -0.2) is 4.98 Å². The van der Waals surface area contributed by atoms with Crippen molar-refractivity contribution in [3.63, 3.8) is 0 Å². The lowest BCUT2D eigenvalue weighted by Gasteiger charge is -2.12. The summed E-state index contributed by atoms with van der Waals surface area (Å²) >= 11 is 10.8. The maximum absolute atomic E-state index is 11.9. The maximum Gasteiger partial charge on any atom is 0.271 e. The zero-order chi connectivity index (χ0) is 16.8. The minimum atomic E-state index is -0.353. The van der Waals surface area contributed by atoms with Gasteiger partial charge in [-0.1, -0.05) is 37.6 Å². The van der Waals surface area contributed by atoms with Gasteiger partial charge in [0.25, 0.3) is 5.91 Å². The quantitative estimate of drug-likeness (QED) is 0.450. The zero-order valence-corrected chi connectivity index (χ0v) is 14.3. The number of halogens is 1. The van der Waals surface area contributed by atoms with Crippen LogP contribution in [0.2, 0.25) is 5.15 Å². The van der Waals surface area contributed by atoms with Crippen LogP contribution in [0.5, 0.6) is 0 Å². The Kier molecular flexibility index (Phi) is 5.90. The number of hydrazine groups is 1. The van der Waals surface area contributed by atoms with Gasteiger partial charge in [0.05, 0.1) is 5.56 Å². The van der Waals surface area contributed by atoms with Crippen LogP contribution in [0.25, 0.3) is 0 Å². The molecule has 1 amide bonds. The van der Waals surface area contributed by atoms with Crippen LogP contribution in [-0.2, 0) is 0 Å². The van der Waals surface area contributed by atoms with Gasteiger partial charge >= 0.3 is 0 Å². The molecule has 2 rings (SSSR count). The van der Waals surface area contributed by atoms with Gasteiger partial charge in [0.1, 0.15) is 5.15 Å². The van der Waals surface area contributed by atoms with Gasteiger partial charge in [-0.2, -0.15) is 0 Å². The number of nitrogens with zero attached hydrogens (tertiary/aromatic N) is 1. The van der Waals surface area contributed by atoms with Gasteiger partial charge in [0, 0.05) is 11.9 Å². The second-order valence-electron chi connectivity index (χ2n) is 5.18. The molecule has 3 N–H and O–H groups in total. The fourth-order valence-electron chi connectivity index (χ4n) is 1.81. The molecule has 2 aromatic rings. The summed E-state index contributed by atoms with van der Waals surface area (Å²) in [4.78, 5) is 15.7. The van der Waals surface area contributed by atoms with E-state index in [1.807, 2.05) is 24.3 Å². The molecule has 0 unspecified atom stereocenters. The summed E-state index contributed by atoms with van der Waals surface area (Å²) in [7, 11) is 0. The maximum atomic E-state index is 11.9. The Morgan fingerprint density at radius 3 is 2.39 bits per heavy atom. The van der Waals surface area contributed by atoms with E-state index in [-0.39, 0.29) is 11.0 Å². The summed E-state index contributed by atoms with van der Waals surface area (Å²) in [6.45, 7) is 4.27. The fraction of sp³-hybridized carbons (Fsp3) is 0.188. The molecule has 5 nitrogen and oxygen atoms in total. The SMILES string of the molecule is CC(C)c1ccc(NC(=S)NNC(=O)c2ccc(Cl)nc2)cc1. The number of hydrogen-bond donors (Lipinski definition) is 3. The van der Waals surface area contributed by atoms with E-state index in [0.717, 1.165) is 5.69 Å². The molecule has 0 aliphatic carbocycles. The molecule has 1 aromatic heterocycles. The monoisotopic (exact) mass is 348 g/mol. The molecule has 0 saturated heterocycles. The van der Waals surface area contributed by atoms with Crippen molar-refractivity contribution >= 4 is 40.5 Å². The van der Waals surface area contributed by atoms with Crippen molar-refractivity contribution in [2.75, 3.05) is 5.32 Å². The second-order valence-corrected chi connectivity index (χ2v) is 5.98. The van der Waals surface area contributed by atoms with E-state index < -0.39 is 0 Å². The molecule has 120 valence electrons. The second kappa shape index (κ2) is 7.89. The number of hydrogen-bond acceptors (Lipinski definition) is 3. The lowest BCUT2D eigenvalue weighted by atomic mass is 10.0. The Labute approximate surface area is 145 Å². The Bertz CT molecular complexity index is 686. The van der Waals surface area contributed by atoms with E-state index >= 15 is 0 Å². The molecule has 0 atom stereocenters. The predicted octanol–water partition coefficient (Wildman–Crippen LogP) is 3.49. The largest absolute Gasteiger partial charge is 0.331 e. The lowest BCUT2D eigenvalue weighted by molar-refractivity contribution is 0.0944. The van der Waals surface area contributed by atoms with Gasteiger partial charge in [0.2, 0.25) is 0 Å². The summed E-state index contributed by atoms with van der Waals surface area (Å²) in [6, 6.07) is 11.1. The van der Waals surface area contributed by atoms with Gasteiger partial charge in [0.15, 0.2) is 5.11 Å². The summed E-state index contributed by atoms with van der Waals surface area (Å²) in [5, 5.41) is 3.61. The van der Waals surface area contributed by atoms with Crippen LogP contribution in [0.4, 0.5) is 5.69 Å². The number of anilines is 1. The van der Waals surface area contributed by atoms with E-state index in [4.69, 9.17) is 23.8 Å². The molecule has 0 saturated carbocycles. The molecule has 1 heterocycles. The van der Waals surface area contributed by atoms with Crippen LogP contribution >= 0.6 is 23.8 Å². The van der Waals surface area contributed by atoms with E-state index in [2.05, 4.69) is 35.0 Å². The first-order chi connectivity index (χ1) is 11.0. The number of nitrogens with one attached hydrogen (secondary N) is 3. The van der Waals surface area contributed by atoms with E-state index in [1.165, 1.54) is 11.8 Å². The molecule has 0 aliphatic rings. The molecule has 23 heavy (non-hydrogen) atoms. The van der Waals surface area contributed by atoms with Crippen molar-refractivity contribution in [2.45, 2.75) is 19.8 Å². The van der Waals surface area contributed by atoms with Crippen LogP contribution in [0.1, 0.15) is 35.7 Å². The third-order valence-corrected chi connectivity index (χ3v) is 3.54. The topological polar surface area (TPSA) is 66.0 Å². The number of carbonyl (C=O) groups is 1. The summed E-state index contributed by atoms with van der Waals surface area (Å²) in [5.74, 6) is 0.120. The van der Waals surface area contributed by atoms with E-state index in [1.54, 1.807) is 12.1 Å². The smallest absolute Gasteiger partial charge is 0.271 e. The van der Waals surface area contributed by atoms with E-state index in [0.29, 0.717) is 16.6 Å². The summed E-state index contributed by atoms with van der Waals surface area (Å²) in [6.07, 6.45) is 1.39. The van der Waals surface area contributed by atoms with Gasteiger partial charge in [-0.3, -0.25) is 15.6 Å². The van der Waals surface area contributed by atoms with E-state index in [9.17, 15) is 4.79 Å². The number of amides is 1. The fourth-order valence-corrected chi connectivity index (χ4v) is 2.09. The Balaban J connectivity index is 1.85. The number of rotatable bonds is 3. The van der Waals surface area contributed by atoms with Crippen LogP contribution in [-0.4, -0.2) is 16.0 Å². The molecule has 0 radical (unpaired) electrons. The normalized spacial score (nSPS) is 10.3. The Hall–Kier alpha value is -2.18. The molecule has 0 bridgehead atoms. The first-order valence-electron chi connectivity index (χ1n) is 7.04. The first kappa shape index (κ1) is 17.2. The molecule has 1 aromatic carbocycles. The van der Waals surface area contributed by atoms with Gasteiger partial charge < -0.3 is 5.32 Å². The molecular formula is C16H17ClN4OS. The summed E-state index contributed by atoms with van der Waals surface area (Å²) in [5.41, 5.74) is 7.60. The lowest BCUT2D eigenvalue weighted by Crippen LogP contribution is -2.43. The van der Waals surface area contributed by atoms with Crippen molar-refractivity contribution in [3.8, 4) is 0 Å². The molecule has 7 heteroatoms. The number of thiocarbonyl (C=S) groups is 1. The minimum Gasteiger partial charge on any atom is -0.331 e. The van der Waals surface area contributed by atoms with Crippen molar-refractivity contribution in [1.82, 2.24) is 15.8 Å². The highest BCUT2D eigenvalue weighted by atomic mass is 35.5. The van der Waals surface area contributed by atoms with Crippen LogP contribution in [0, 0.1) is 0 Å². The highest BCUT2D eigenvalue weighted by molar-refractivity contribution is 7.80. The predicted molar refractivity (Wildman–Crippen MR) is 96.6 cm³/mol. The standard InChI is InChI=1S/C16H17ClN4OS/c1-10(2)11-3-6-13(7-4-11)19-16(23)21-20-15(22)12-5-8-14(17)18-9-12/h3-10H,1-2H3,(H,20,22)(H2,19,21,23). The number of pyridine rings is 1. The number of carbonyl (C=O) groups excluding carboxylic acids is 1. The molecule has 0 fully saturated rings. The molecular weight excluding hydrogens is 332 g/mol. The third-order valence-electron chi connectivity index (χ3n) is 3.11. The number of aromatic nitrogens is 1. The zero-order valence-electron chi connectivity index (χ0n) is 12.8. The third kappa shape index (κ3) is 5.19. The van der Waals surface area contributed by atoms with Gasteiger partial charge in [-0.15, -0.1) is 0 Å². The Morgan fingerprint density at radius 2 is 1.83 bits per heavy atom. The molecule has 0 spiro atoms. The average molecular weight is 349 g/mol. The minimum absolute atomic E-state index is 0.289. The van der Waals surface area contributed by atoms with Crippen molar-refractivity contribution in [2.24, 2.45) is 0 Å².